The lowest BCUT2D eigenvalue weighted by molar-refractivity contribution is 0.0634. The summed E-state index contributed by atoms with van der Waals surface area (Å²) in [7, 11) is 4.22. The zero-order chi connectivity index (χ0) is 19.8. The first-order chi connectivity index (χ1) is 13.4. The number of carbonyl (C=O) groups is 1. The van der Waals surface area contributed by atoms with Crippen LogP contribution in [0.4, 0.5) is 0 Å². The number of aromatic nitrogens is 1. The zero-order valence-corrected chi connectivity index (χ0v) is 18.1. The van der Waals surface area contributed by atoms with Gasteiger partial charge in [-0.2, -0.15) is 0 Å². The van der Waals surface area contributed by atoms with Crippen molar-refractivity contribution in [3.8, 4) is 0 Å². The van der Waals surface area contributed by atoms with Crippen LogP contribution in [0.15, 0.2) is 9.90 Å². The monoisotopic (exact) mass is 402 g/mol. The van der Waals surface area contributed by atoms with Crippen LogP contribution in [0.25, 0.3) is 0 Å². The predicted octanol–water partition coefficient (Wildman–Crippen LogP) is 3.08. The molecule has 2 aromatic rings. The van der Waals surface area contributed by atoms with Crippen molar-refractivity contribution in [2.75, 3.05) is 33.7 Å². The minimum absolute atomic E-state index is 0.225. The van der Waals surface area contributed by atoms with Crippen LogP contribution >= 0.6 is 11.3 Å². The highest BCUT2D eigenvalue weighted by Gasteiger charge is 2.30. The van der Waals surface area contributed by atoms with E-state index in [0.717, 1.165) is 62.6 Å². The Morgan fingerprint density at radius 1 is 1.36 bits per heavy atom. The molecule has 1 saturated heterocycles. The fourth-order valence-electron chi connectivity index (χ4n) is 4.38. The van der Waals surface area contributed by atoms with Crippen LogP contribution in [0.1, 0.15) is 50.7 Å². The largest absolute Gasteiger partial charge is 0.361 e. The summed E-state index contributed by atoms with van der Waals surface area (Å²) in [6.07, 6.45) is 3.20. The second-order valence-electron chi connectivity index (χ2n) is 8.33. The number of thiophene rings is 1. The van der Waals surface area contributed by atoms with Gasteiger partial charge in [0.15, 0.2) is 0 Å². The third-order valence-electron chi connectivity index (χ3n) is 6.23. The van der Waals surface area contributed by atoms with Gasteiger partial charge in [-0.3, -0.25) is 9.69 Å². The number of fused-ring (bicyclic) bond motifs is 1. The number of rotatable bonds is 4. The second-order valence-corrected chi connectivity index (χ2v) is 9.29. The van der Waals surface area contributed by atoms with Gasteiger partial charge in [0, 0.05) is 54.6 Å². The van der Waals surface area contributed by atoms with Gasteiger partial charge in [-0.15, -0.1) is 11.3 Å². The topological polar surface area (TPSA) is 52.8 Å². The van der Waals surface area contributed by atoms with E-state index in [1.54, 1.807) is 11.3 Å². The molecule has 2 aliphatic rings. The Hall–Kier alpha value is -1.70. The number of likely N-dealkylation sites (N-methyl/N-ethyl adjacent to an activating group) is 1. The highest BCUT2D eigenvalue weighted by atomic mass is 32.1. The van der Waals surface area contributed by atoms with E-state index in [4.69, 9.17) is 4.52 Å². The molecule has 1 amide bonds. The van der Waals surface area contributed by atoms with E-state index in [0.29, 0.717) is 6.04 Å². The first-order valence-corrected chi connectivity index (χ1v) is 11.0. The molecular formula is C21H30N4O2S. The Bertz CT molecular complexity index is 837. The van der Waals surface area contributed by atoms with Crippen molar-refractivity contribution in [2.45, 2.75) is 52.2 Å². The van der Waals surface area contributed by atoms with E-state index >= 15 is 0 Å². The Kier molecular flexibility index (Phi) is 5.58. The van der Waals surface area contributed by atoms with Crippen LogP contribution < -0.4 is 0 Å². The third kappa shape index (κ3) is 3.75. The summed E-state index contributed by atoms with van der Waals surface area (Å²) in [5, 5.41) is 6.16. The van der Waals surface area contributed by atoms with Gasteiger partial charge >= 0.3 is 0 Å². The van der Waals surface area contributed by atoms with E-state index in [-0.39, 0.29) is 5.91 Å². The first-order valence-electron chi connectivity index (χ1n) is 10.1. The first kappa shape index (κ1) is 19.6. The van der Waals surface area contributed by atoms with Gasteiger partial charge in [-0.25, -0.2) is 0 Å². The lowest BCUT2D eigenvalue weighted by atomic mass is 9.99. The van der Waals surface area contributed by atoms with Crippen molar-refractivity contribution < 1.29 is 9.32 Å². The average Bonchev–Trinajstić information content (AvgIpc) is 3.25. The summed E-state index contributed by atoms with van der Waals surface area (Å²) >= 11 is 1.74. The maximum absolute atomic E-state index is 13.2. The molecule has 1 fully saturated rings. The van der Waals surface area contributed by atoms with Crippen molar-refractivity contribution in [2.24, 2.45) is 0 Å². The molecule has 0 N–H and O–H groups in total. The standard InChI is InChI=1S/C21H30N4O2S/c1-14-18(15(2)27-22-14)11-24-9-7-17-19(13-28-20(17)12-24)21(26)25-8-5-6-16(10-25)23(3)4/h13,16H,5-12H2,1-4H3/t16-/m1/s1. The van der Waals surface area contributed by atoms with Gasteiger partial charge in [-0.05, 0) is 52.8 Å². The Morgan fingerprint density at radius 2 is 2.18 bits per heavy atom. The molecule has 0 bridgehead atoms. The molecule has 4 heterocycles. The second kappa shape index (κ2) is 7.97. The fraction of sp³-hybridized carbons (Fsp3) is 0.619. The van der Waals surface area contributed by atoms with Crippen LogP contribution in [0, 0.1) is 13.8 Å². The summed E-state index contributed by atoms with van der Waals surface area (Å²) < 4.78 is 5.31. The van der Waals surface area contributed by atoms with Gasteiger partial charge in [0.2, 0.25) is 0 Å². The highest BCUT2D eigenvalue weighted by molar-refractivity contribution is 7.10. The average molecular weight is 403 g/mol. The van der Waals surface area contributed by atoms with Crippen LogP contribution in [0.5, 0.6) is 0 Å². The van der Waals surface area contributed by atoms with Gasteiger partial charge in [0.25, 0.3) is 5.91 Å². The molecule has 0 unspecified atom stereocenters. The van der Waals surface area contributed by atoms with Crippen molar-refractivity contribution in [1.82, 2.24) is 19.9 Å². The van der Waals surface area contributed by atoms with Gasteiger partial charge in [-0.1, -0.05) is 5.16 Å². The quantitative estimate of drug-likeness (QED) is 0.787. The minimum Gasteiger partial charge on any atom is -0.361 e. The lowest BCUT2D eigenvalue weighted by Crippen LogP contribution is -2.47. The molecule has 0 saturated carbocycles. The smallest absolute Gasteiger partial charge is 0.255 e. The van der Waals surface area contributed by atoms with Crippen molar-refractivity contribution >= 4 is 17.2 Å². The number of likely N-dealkylation sites (tertiary alicyclic amines) is 1. The van der Waals surface area contributed by atoms with Crippen molar-refractivity contribution in [1.29, 1.82) is 0 Å². The summed E-state index contributed by atoms with van der Waals surface area (Å²) in [6, 6.07) is 0.470. The molecule has 7 heteroatoms. The molecule has 4 rings (SSSR count). The number of nitrogens with zero attached hydrogens (tertiary/aromatic N) is 4. The molecular weight excluding hydrogens is 372 g/mol. The molecule has 2 aromatic heterocycles. The Labute approximate surface area is 171 Å². The number of aryl methyl sites for hydroxylation is 2. The van der Waals surface area contributed by atoms with Gasteiger partial charge < -0.3 is 14.3 Å². The number of carbonyl (C=O) groups excluding carboxylic acids is 1. The molecule has 0 aliphatic carbocycles. The lowest BCUT2D eigenvalue weighted by Gasteiger charge is -2.36. The number of hydrogen-bond donors (Lipinski definition) is 0. The number of hydrogen-bond acceptors (Lipinski definition) is 6. The van der Waals surface area contributed by atoms with Gasteiger partial charge in [0.05, 0.1) is 11.3 Å². The zero-order valence-electron chi connectivity index (χ0n) is 17.3. The normalized spacial score (nSPS) is 20.6. The Balaban J connectivity index is 1.46. The molecule has 6 nitrogen and oxygen atoms in total. The maximum Gasteiger partial charge on any atom is 0.255 e. The molecule has 152 valence electrons. The van der Waals surface area contributed by atoms with Crippen LogP contribution in [0.2, 0.25) is 0 Å². The molecule has 0 aromatic carbocycles. The van der Waals surface area contributed by atoms with Crippen LogP contribution in [-0.4, -0.2) is 65.5 Å². The fourth-order valence-corrected chi connectivity index (χ4v) is 5.49. The van der Waals surface area contributed by atoms with Crippen LogP contribution in [-0.2, 0) is 19.5 Å². The Morgan fingerprint density at radius 3 is 2.89 bits per heavy atom. The molecule has 0 spiro atoms. The molecule has 28 heavy (non-hydrogen) atoms. The predicted molar refractivity (Wildman–Crippen MR) is 111 cm³/mol. The SMILES string of the molecule is Cc1noc(C)c1CN1CCc2c(C(=O)N3CCC[C@@H](N(C)C)C3)csc2C1. The van der Waals surface area contributed by atoms with Crippen molar-refractivity contribution in [3.63, 3.8) is 0 Å². The van der Waals surface area contributed by atoms with E-state index in [1.807, 2.05) is 13.8 Å². The summed E-state index contributed by atoms with van der Waals surface area (Å²) in [6.45, 7) is 8.43. The highest BCUT2D eigenvalue weighted by Crippen LogP contribution is 2.31. The van der Waals surface area contributed by atoms with Crippen molar-refractivity contribution in [3.05, 3.63) is 38.4 Å². The minimum atomic E-state index is 0.225. The van der Waals surface area contributed by atoms with E-state index < -0.39 is 0 Å². The number of piperidine rings is 1. The third-order valence-corrected chi connectivity index (χ3v) is 7.25. The summed E-state index contributed by atoms with van der Waals surface area (Å²) in [4.78, 5) is 21.3. The van der Waals surface area contributed by atoms with Crippen LogP contribution in [0.3, 0.4) is 0 Å². The van der Waals surface area contributed by atoms with E-state index in [2.05, 4.69) is 39.3 Å². The van der Waals surface area contributed by atoms with E-state index in [9.17, 15) is 4.79 Å². The number of amides is 1. The molecule has 1 atom stereocenters. The van der Waals surface area contributed by atoms with Gasteiger partial charge in [0.1, 0.15) is 5.76 Å². The summed E-state index contributed by atoms with van der Waals surface area (Å²) in [5.74, 6) is 1.13. The molecule has 2 aliphatic heterocycles. The summed E-state index contributed by atoms with van der Waals surface area (Å²) in [5.41, 5.74) is 4.39. The molecule has 0 radical (unpaired) electrons. The van der Waals surface area contributed by atoms with E-state index in [1.165, 1.54) is 22.4 Å². The maximum atomic E-state index is 13.2.